The van der Waals surface area contributed by atoms with Crippen molar-refractivity contribution in [2.45, 2.75) is 6.42 Å². The molecule has 0 saturated carbocycles. The van der Waals surface area contributed by atoms with Crippen molar-refractivity contribution in [3.63, 3.8) is 0 Å². The number of hydrogen-bond donors (Lipinski definition) is 1. The van der Waals surface area contributed by atoms with Gasteiger partial charge >= 0.3 is 0 Å². The normalized spacial score (nSPS) is 10.0. The maximum atomic E-state index is 8.74. The second-order valence-corrected chi connectivity index (χ2v) is 3.67. The molecule has 0 spiro atoms. The molecule has 16 heavy (non-hydrogen) atoms. The number of hydrogen-bond acceptors (Lipinski definition) is 3. The predicted molar refractivity (Wildman–Crippen MR) is 61.6 cm³/mol. The fourth-order valence-corrected chi connectivity index (χ4v) is 1.57. The first kappa shape index (κ1) is 10.2. The minimum atomic E-state index is 0.452. The Balaban J connectivity index is 2.24. The molecular weight excluding hydrogens is 200 g/mol. The van der Waals surface area contributed by atoms with Gasteiger partial charge in [0.05, 0.1) is 0 Å². The number of nitrogens with zero attached hydrogens (tertiary/aromatic N) is 3. The number of nitriles is 1. The number of anilines is 1. The summed E-state index contributed by atoms with van der Waals surface area (Å²) >= 11 is 0. The van der Waals surface area contributed by atoms with Gasteiger partial charge in [-0.05, 0) is 23.8 Å². The molecule has 0 fully saturated rings. The van der Waals surface area contributed by atoms with Gasteiger partial charge in [-0.15, -0.1) is 0 Å². The molecule has 0 radical (unpaired) electrons. The molecule has 0 atom stereocenters. The Morgan fingerprint density at radius 2 is 2.06 bits per heavy atom. The third-order valence-electron chi connectivity index (χ3n) is 2.46. The number of nitrogen functional groups attached to an aromatic ring is 1. The Kier molecular flexibility index (Phi) is 2.61. The second-order valence-electron chi connectivity index (χ2n) is 3.67. The maximum Gasteiger partial charge on any atom is 0.162 e. The largest absolute Gasteiger partial charge is 0.399 e. The van der Waals surface area contributed by atoms with Crippen molar-refractivity contribution in [2.24, 2.45) is 7.05 Å². The molecule has 0 saturated heterocycles. The van der Waals surface area contributed by atoms with Gasteiger partial charge in [0.25, 0.3) is 0 Å². The van der Waals surface area contributed by atoms with Crippen LogP contribution in [0.5, 0.6) is 0 Å². The van der Waals surface area contributed by atoms with Gasteiger partial charge in [0, 0.05) is 24.8 Å². The molecule has 2 aromatic rings. The van der Waals surface area contributed by atoms with Crippen LogP contribution in [-0.2, 0) is 13.5 Å². The lowest BCUT2D eigenvalue weighted by molar-refractivity contribution is 0.721. The van der Waals surface area contributed by atoms with Crippen LogP contribution in [-0.4, -0.2) is 9.78 Å². The minimum Gasteiger partial charge on any atom is -0.399 e. The van der Waals surface area contributed by atoms with Crippen LogP contribution in [0.3, 0.4) is 0 Å². The van der Waals surface area contributed by atoms with Crippen LogP contribution in [0.1, 0.15) is 17.0 Å². The van der Waals surface area contributed by atoms with Crippen LogP contribution in [0.4, 0.5) is 5.69 Å². The molecule has 0 aliphatic heterocycles. The SMILES string of the molecule is Cn1nc(C#N)cc1Cc1ccc(N)cc1. The fraction of sp³-hybridized carbons (Fsp3) is 0.167. The predicted octanol–water partition coefficient (Wildman–Crippen LogP) is 1.46. The zero-order valence-corrected chi connectivity index (χ0v) is 9.01. The maximum absolute atomic E-state index is 8.74. The summed E-state index contributed by atoms with van der Waals surface area (Å²) in [5, 5.41) is 12.8. The van der Waals surface area contributed by atoms with Gasteiger partial charge in [-0.25, -0.2) is 0 Å². The molecule has 2 N–H and O–H groups in total. The smallest absolute Gasteiger partial charge is 0.162 e. The van der Waals surface area contributed by atoms with E-state index in [1.807, 2.05) is 37.4 Å². The zero-order valence-electron chi connectivity index (χ0n) is 9.01. The highest BCUT2D eigenvalue weighted by Gasteiger charge is 2.05. The van der Waals surface area contributed by atoms with Crippen molar-refractivity contribution in [3.05, 3.63) is 47.3 Å². The summed E-state index contributed by atoms with van der Waals surface area (Å²) in [5.41, 5.74) is 8.99. The Labute approximate surface area is 93.9 Å². The van der Waals surface area contributed by atoms with Crippen molar-refractivity contribution in [3.8, 4) is 6.07 Å². The minimum absolute atomic E-state index is 0.452. The Bertz CT molecular complexity index is 531. The van der Waals surface area contributed by atoms with Crippen LogP contribution >= 0.6 is 0 Å². The second kappa shape index (κ2) is 4.07. The van der Waals surface area contributed by atoms with E-state index in [9.17, 15) is 0 Å². The number of aromatic nitrogens is 2. The fourth-order valence-electron chi connectivity index (χ4n) is 1.57. The number of aryl methyl sites for hydroxylation is 1. The van der Waals surface area contributed by atoms with Crippen LogP contribution < -0.4 is 5.73 Å². The van der Waals surface area contributed by atoms with E-state index in [2.05, 4.69) is 5.10 Å². The summed E-state index contributed by atoms with van der Waals surface area (Å²) in [7, 11) is 1.84. The van der Waals surface area contributed by atoms with Gasteiger partial charge < -0.3 is 5.73 Å². The molecule has 0 amide bonds. The van der Waals surface area contributed by atoms with E-state index < -0.39 is 0 Å². The summed E-state index contributed by atoms with van der Waals surface area (Å²) in [6.45, 7) is 0. The van der Waals surface area contributed by atoms with Gasteiger partial charge in [-0.1, -0.05) is 12.1 Å². The highest BCUT2D eigenvalue weighted by molar-refractivity contribution is 5.40. The highest BCUT2D eigenvalue weighted by atomic mass is 15.3. The van der Waals surface area contributed by atoms with Gasteiger partial charge in [0.2, 0.25) is 0 Å². The van der Waals surface area contributed by atoms with E-state index in [0.29, 0.717) is 5.69 Å². The van der Waals surface area contributed by atoms with Crippen molar-refractivity contribution < 1.29 is 0 Å². The standard InChI is InChI=1S/C12H12N4/c1-16-12(7-11(8-13)15-16)6-9-2-4-10(14)5-3-9/h2-5,7H,6,14H2,1H3. The van der Waals surface area contributed by atoms with Gasteiger partial charge in [-0.2, -0.15) is 10.4 Å². The Morgan fingerprint density at radius 3 is 2.62 bits per heavy atom. The molecule has 4 heteroatoms. The molecule has 4 nitrogen and oxygen atoms in total. The quantitative estimate of drug-likeness (QED) is 0.766. The average molecular weight is 212 g/mol. The Hall–Kier alpha value is -2.28. The first-order valence-electron chi connectivity index (χ1n) is 4.96. The van der Waals surface area contributed by atoms with Crippen LogP contribution in [0.2, 0.25) is 0 Å². The van der Waals surface area contributed by atoms with Crippen molar-refractivity contribution >= 4 is 5.69 Å². The van der Waals surface area contributed by atoms with E-state index >= 15 is 0 Å². The lowest BCUT2D eigenvalue weighted by Gasteiger charge is -2.02. The van der Waals surface area contributed by atoms with E-state index in [0.717, 1.165) is 23.4 Å². The summed E-state index contributed by atoms with van der Waals surface area (Å²) in [6.07, 6.45) is 0.755. The molecule has 2 rings (SSSR count). The topological polar surface area (TPSA) is 67.6 Å². The Morgan fingerprint density at radius 1 is 1.38 bits per heavy atom. The third kappa shape index (κ3) is 2.04. The monoisotopic (exact) mass is 212 g/mol. The van der Waals surface area contributed by atoms with E-state index in [-0.39, 0.29) is 0 Å². The molecular formula is C12H12N4. The molecule has 1 heterocycles. The first-order chi connectivity index (χ1) is 7.69. The summed E-state index contributed by atoms with van der Waals surface area (Å²) in [4.78, 5) is 0. The number of benzene rings is 1. The van der Waals surface area contributed by atoms with Crippen LogP contribution in [0.15, 0.2) is 30.3 Å². The highest BCUT2D eigenvalue weighted by Crippen LogP contribution is 2.12. The molecule has 0 bridgehead atoms. The molecule has 0 aliphatic carbocycles. The molecule has 0 aliphatic rings. The third-order valence-corrected chi connectivity index (χ3v) is 2.46. The molecule has 1 aromatic heterocycles. The molecule has 0 unspecified atom stereocenters. The lowest BCUT2D eigenvalue weighted by atomic mass is 10.1. The first-order valence-corrected chi connectivity index (χ1v) is 4.96. The van der Waals surface area contributed by atoms with Crippen molar-refractivity contribution in [2.75, 3.05) is 5.73 Å². The van der Waals surface area contributed by atoms with Gasteiger partial charge in [-0.3, -0.25) is 4.68 Å². The van der Waals surface area contributed by atoms with Crippen LogP contribution in [0, 0.1) is 11.3 Å². The lowest BCUT2D eigenvalue weighted by Crippen LogP contribution is -1.99. The van der Waals surface area contributed by atoms with Crippen molar-refractivity contribution in [1.29, 1.82) is 5.26 Å². The van der Waals surface area contributed by atoms with E-state index in [4.69, 9.17) is 11.0 Å². The summed E-state index contributed by atoms with van der Waals surface area (Å²) < 4.78 is 1.73. The van der Waals surface area contributed by atoms with E-state index in [1.54, 1.807) is 10.7 Å². The summed E-state index contributed by atoms with van der Waals surface area (Å²) in [5.74, 6) is 0. The average Bonchev–Trinajstić information content (AvgIpc) is 2.63. The van der Waals surface area contributed by atoms with E-state index in [1.165, 1.54) is 0 Å². The molecule has 80 valence electrons. The summed E-state index contributed by atoms with van der Waals surface area (Å²) in [6, 6.07) is 11.5. The molecule has 1 aromatic carbocycles. The van der Waals surface area contributed by atoms with Gasteiger partial charge in [0.15, 0.2) is 5.69 Å². The van der Waals surface area contributed by atoms with Gasteiger partial charge in [0.1, 0.15) is 6.07 Å². The van der Waals surface area contributed by atoms with Crippen molar-refractivity contribution in [1.82, 2.24) is 9.78 Å². The zero-order chi connectivity index (χ0) is 11.5. The number of rotatable bonds is 2. The number of nitrogens with two attached hydrogens (primary N) is 1. The van der Waals surface area contributed by atoms with Crippen LogP contribution in [0.25, 0.3) is 0 Å².